The number of hydrogen-bond donors (Lipinski definition) is 2. The second-order valence-electron chi connectivity index (χ2n) is 5.58. The number of rotatable bonds is 1. The minimum atomic E-state index is 0. The fourth-order valence-electron chi connectivity index (χ4n) is 3.41. The molecule has 0 amide bonds. The normalized spacial score (nSPS) is 22.7. The maximum Gasteiger partial charge on any atom is 0.0504 e. The molecule has 0 spiro atoms. The third-order valence-electron chi connectivity index (χ3n) is 4.57. The van der Waals surface area contributed by atoms with E-state index in [1.165, 1.54) is 41.4 Å². The highest BCUT2D eigenvalue weighted by Gasteiger charge is 2.33. The summed E-state index contributed by atoms with van der Waals surface area (Å²) in [5.41, 5.74) is 4.14. The van der Waals surface area contributed by atoms with Gasteiger partial charge in [0.25, 0.3) is 0 Å². The molecule has 2 N–H and O–H groups in total. The van der Waals surface area contributed by atoms with Crippen molar-refractivity contribution in [1.29, 1.82) is 0 Å². The Morgan fingerprint density at radius 1 is 1.21 bits per heavy atom. The molecule has 1 aliphatic carbocycles. The number of halogens is 2. The Bertz CT molecular complexity index is 601. The molecule has 19 heavy (non-hydrogen) atoms. The summed E-state index contributed by atoms with van der Waals surface area (Å²) in [5.74, 6) is 0.826. The highest BCUT2D eigenvalue weighted by Crippen LogP contribution is 2.41. The van der Waals surface area contributed by atoms with Crippen LogP contribution in [-0.4, -0.2) is 11.5 Å². The van der Waals surface area contributed by atoms with E-state index < -0.39 is 0 Å². The SMILES string of the molecule is Cl.Clc1ccc2[nH]c3c(c2c1)CCNC3C1CCC1. The first-order chi connectivity index (χ1) is 8.83. The molecule has 102 valence electrons. The maximum atomic E-state index is 6.13. The van der Waals surface area contributed by atoms with Crippen LogP contribution in [0.25, 0.3) is 10.9 Å². The molecule has 1 aliphatic heterocycles. The van der Waals surface area contributed by atoms with Gasteiger partial charge < -0.3 is 10.3 Å². The Balaban J connectivity index is 0.00000110. The van der Waals surface area contributed by atoms with Gasteiger partial charge in [-0.15, -0.1) is 12.4 Å². The van der Waals surface area contributed by atoms with Crippen molar-refractivity contribution in [2.24, 2.45) is 5.92 Å². The summed E-state index contributed by atoms with van der Waals surface area (Å²) in [5, 5.41) is 5.85. The van der Waals surface area contributed by atoms with Crippen molar-refractivity contribution in [3.8, 4) is 0 Å². The average Bonchev–Trinajstić information content (AvgIpc) is 2.66. The second kappa shape index (κ2) is 5.01. The first kappa shape index (κ1) is 13.3. The maximum absolute atomic E-state index is 6.13. The second-order valence-corrected chi connectivity index (χ2v) is 6.02. The number of fused-ring (bicyclic) bond motifs is 3. The van der Waals surface area contributed by atoms with E-state index in [2.05, 4.69) is 22.4 Å². The van der Waals surface area contributed by atoms with E-state index in [-0.39, 0.29) is 12.4 Å². The van der Waals surface area contributed by atoms with Gasteiger partial charge in [0, 0.05) is 21.6 Å². The molecule has 2 aliphatic rings. The van der Waals surface area contributed by atoms with Crippen LogP contribution >= 0.6 is 24.0 Å². The quantitative estimate of drug-likeness (QED) is 0.810. The first-order valence-corrected chi connectivity index (χ1v) is 7.24. The van der Waals surface area contributed by atoms with Crippen molar-refractivity contribution in [2.75, 3.05) is 6.54 Å². The van der Waals surface area contributed by atoms with Crippen LogP contribution in [0.15, 0.2) is 18.2 Å². The van der Waals surface area contributed by atoms with E-state index in [0.717, 1.165) is 23.9 Å². The van der Waals surface area contributed by atoms with Crippen LogP contribution in [0.2, 0.25) is 5.02 Å². The predicted molar refractivity (Wildman–Crippen MR) is 82.3 cm³/mol. The van der Waals surface area contributed by atoms with Crippen molar-refractivity contribution in [1.82, 2.24) is 10.3 Å². The van der Waals surface area contributed by atoms with Gasteiger partial charge >= 0.3 is 0 Å². The highest BCUT2D eigenvalue weighted by molar-refractivity contribution is 6.31. The monoisotopic (exact) mass is 296 g/mol. The Morgan fingerprint density at radius 2 is 2.05 bits per heavy atom. The van der Waals surface area contributed by atoms with Crippen LogP contribution in [0, 0.1) is 5.92 Å². The lowest BCUT2D eigenvalue weighted by atomic mass is 9.76. The van der Waals surface area contributed by atoms with E-state index in [9.17, 15) is 0 Å². The fraction of sp³-hybridized carbons (Fsp3) is 0.467. The number of aromatic nitrogens is 1. The Labute approximate surface area is 124 Å². The van der Waals surface area contributed by atoms with Crippen molar-refractivity contribution in [3.63, 3.8) is 0 Å². The summed E-state index contributed by atoms with van der Waals surface area (Å²) in [6.07, 6.45) is 5.24. The number of hydrogen-bond acceptors (Lipinski definition) is 1. The van der Waals surface area contributed by atoms with Crippen molar-refractivity contribution in [3.05, 3.63) is 34.5 Å². The van der Waals surface area contributed by atoms with E-state index in [4.69, 9.17) is 11.6 Å². The third kappa shape index (κ3) is 2.06. The van der Waals surface area contributed by atoms with Gasteiger partial charge in [0.2, 0.25) is 0 Å². The molecule has 1 aromatic carbocycles. The summed E-state index contributed by atoms with van der Waals surface area (Å²) in [4.78, 5) is 3.62. The predicted octanol–water partition coefficient (Wildman–Crippen LogP) is 4.23. The van der Waals surface area contributed by atoms with E-state index in [0.29, 0.717) is 6.04 Å². The zero-order valence-corrected chi connectivity index (χ0v) is 12.3. The molecule has 4 heteroatoms. The Hall–Kier alpha value is -0.700. The van der Waals surface area contributed by atoms with Crippen LogP contribution < -0.4 is 5.32 Å². The zero-order valence-electron chi connectivity index (χ0n) is 10.7. The summed E-state index contributed by atoms with van der Waals surface area (Å²) in [6.45, 7) is 1.09. The van der Waals surface area contributed by atoms with Gasteiger partial charge in [0.15, 0.2) is 0 Å². The fourth-order valence-corrected chi connectivity index (χ4v) is 3.58. The minimum absolute atomic E-state index is 0. The number of aromatic amines is 1. The average molecular weight is 297 g/mol. The van der Waals surface area contributed by atoms with Crippen molar-refractivity contribution < 1.29 is 0 Å². The van der Waals surface area contributed by atoms with Gasteiger partial charge in [-0.25, -0.2) is 0 Å². The lowest BCUT2D eigenvalue weighted by molar-refractivity contribution is 0.222. The summed E-state index contributed by atoms with van der Waals surface area (Å²) >= 11 is 6.13. The van der Waals surface area contributed by atoms with Crippen molar-refractivity contribution >= 4 is 34.9 Å². The molecular formula is C15H18Cl2N2. The van der Waals surface area contributed by atoms with Gasteiger partial charge in [-0.3, -0.25) is 0 Å². The number of nitrogens with one attached hydrogen (secondary N) is 2. The largest absolute Gasteiger partial charge is 0.357 e. The van der Waals surface area contributed by atoms with Gasteiger partial charge in [0.05, 0.1) is 6.04 Å². The molecular weight excluding hydrogens is 279 g/mol. The van der Waals surface area contributed by atoms with Crippen LogP contribution in [0.5, 0.6) is 0 Å². The molecule has 1 aromatic heterocycles. The van der Waals surface area contributed by atoms with Gasteiger partial charge in [-0.2, -0.15) is 0 Å². The molecule has 0 bridgehead atoms. The topological polar surface area (TPSA) is 27.8 Å². The van der Waals surface area contributed by atoms with E-state index >= 15 is 0 Å². The molecule has 0 saturated heterocycles. The number of H-pyrrole nitrogens is 1. The Kier molecular flexibility index (Phi) is 3.50. The van der Waals surface area contributed by atoms with Crippen LogP contribution in [0.4, 0.5) is 0 Å². The molecule has 4 rings (SSSR count). The van der Waals surface area contributed by atoms with Crippen LogP contribution in [0.1, 0.15) is 36.6 Å². The molecule has 2 heterocycles. The Morgan fingerprint density at radius 3 is 2.79 bits per heavy atom. The highest BCUT2D eigenvalue weighted by atomic mass is 35.5. The minimum Gasteiger partial charge on any atom is -0.357 e. The molecule has 1 unspecified atom stereocenters. The molecule has 2 aromatic rings. The lowest BCUT2D eigenvalue weighted by Crippen LogP contribution is -2.37. The summed E-state index contributed by atoms with van der Waals surface area (Å²) in [7, 11) is 0. The number of benzene rings is 1. The third-order valence-corrected chi connectivity index (χ3v) is 4.81. The molecule has 1 fully saturated rings. The lowest BCUT2D eigenvalue weighted by Gasteiger charge is -2.36. The van der Waals surface area contributed by atoms with E-state index in [1.807, 2.05) is 6.07 Å². The molecule has 2 nitrogen and oxygen atoms in total. The van der Waals surface area contributed by atoms with Crippen LogP contribution in [0.3, 0.4) is 0 Å². The van der Waals surface area contributed by atoms with Crippen molar-refractivity contribution in [2.45, 2.75) is 31.7 Å². The zero-order chi connectivity index (χ0) is 12.1. The molecule has 1 atom stereocenters. The molecule has 0 radical (unpaired) electrons. The molecule has 1 saturated carbocycles. The summed E-state index contributed by atoms with van der Waals surface area (Å²) < 4.78 is 0. The van der Waals surface area contributed by atoms with Gasteiger partial charge in [-0.05, 0) is 55.5 Å². The van der Waals surface area contributed by atoms with E-state index in [1.54, 1.807) is 0 Å². The first-order valence-electron chi connectivity index (χ1n) is 6.86. The standard InChI is InChI=1S/C15H17ClN2.ClH/c16-10-4-5-13-12(8-10)11-6-7-17-14(15(11)18-13)9-2-1-3-9;/h4-5,8-9,14,17-18H,1-3,6-7H2;1H. The van der Waals surface area contributed by atoms with Crippen LogP contribution in [-0.2, 0) is 6.42 Å². The smallest absolute Gasteiger partial charge is 0.0504 e. The summed E-state index contributed by atoms with van der Waals surface area (Å²) in [6, 6.07) is 6.72. The van der Waals surface area contributed by atoms with Gasteiger partial charge in [-0.1, -0.05) is 18.0 Å². The van der Waals surface area contributed by atoms with Gasteiger partial charge in [0.1, 0.15) is 0 Å².